The van der Waals surface area contributed by atoms with Gasteiger partial charge in [-0.1, -0.05) is 6.92 Å². The Hall–Kier alpha value is -1.10. The third-order valence-electron chi connectivity index (χ3n) is 2.71. The van der Waals surface area contributed by atoms with Crippen LogP contribution in [0.1, 0.15) is 26.7 Å². The van der Waals surface area contributed by atoms with Gasteiger partial charge in [0, 0.05) is 0 Å². The van der Waals surface area contributed by atoms with Crippen LogP contribution in [0.4, 0.5) is 0 Å². The standard InChI is InChI=1S/C10H18N2O3/c1-6-3-4-11-8(5-6)9(13)12-7(2)10(14)15/h6-8,11H,3-5H2,1-2H3,(H,12,13)(H,14,15)/t6?,7-,8?/m1/s1. The van der Waals surface area contributed by atoms with E-state index in [0.29, 0.717) is 5.92 Å². The Balaban J connectivity index is 2.42. The number of carbonyl (C=O) groups is 2. The molecule has 86 valence electrons. The Labute approximate surface area is 89.2 Å². The van der Waals surface area contributed by atoms with Crippen LogP contribution in [0.25, 0.3) is 0 Å². The lowest BCUT2D eigenvalue weighted by atomic mass is 9.94. The highest BCUT2D eigenvalue weighted by atomic mass is 16.4. The van der Waals surface area contributed by atoms with Gasteiger partial charge in [-0.05, 0) is 32.2 Å². The number of aliphatic carboxylic acids is 1. The zero-order valence-electron chi connectivity index (χ0n) is 9.12. The van der Waals surface area contributed by atoms with Gasteiger partial charge in [0.2, 0.25) is 5.91 Å². The first kappa shape index (κ1) is 12.0. The first-order valence-electron chi connectivity index (χ1n) is 5.27. The van der Waals surface area contributed by atoms with Crippen LogP contribution in [0.2, 0.25) is 0 Å². The maximum absolute atomic E-state index is 11.6. The Morgan fingerprint density at radius 3 is 2.73 bits per heavy atom. The molecule has 0 aliphatic carbocycles. The molecule has 2 unspecified atom stereocenters. The van der Waals surface area contributed by atoms with Crippen molar-refractivity contribution in [1.29, 1.82) is 0 Å². The number of hydrogen-bond donors (Lipinski definition) is 3. The number of piperidine rings is 1. The molecule has 3 N–H and O–H groups in total. The van der Waals surface area contributed by atoms with Gasteiger partial charge in [-0.3, -0.25) is 9.59 Å². The summed E-state index contributed by atoms with van der Waals surface area (Å²) >= 11 is 0. The second kappa shape index (κ2) is 5.11. The predicted octanol–water partition coefficient (Wildman–Crippen LogP) is -0.0362. The van der Waals surface area contributed by atoms with E-state index >= 15 is 0 Å². The summed E-state index contributed by atoms with van der Waals surface area (Å²) in [5.74, 6) is -0.703. The summed E-state index contributed by atoms with van der Waals surface area (Å²) in [5.41, 5.74) is 0. The summed E-state index contributed by atoms with van der Waals surface area (Å²) in [6.07, 6.45) is 1.84. The molecule has 0 aromatic rings. The summed E-state index contributed by atoms with van der Waals surface area (Å²) < 4.78 is 0. The number of hydrogen-bond acceptors (Lipinski definition) is 3. The van der Waals surface area contributed by atoms with E-state index in [-0.39, 0.29) is 11.9 Å². The highest BCUT2D eigenvalue weighted by Crippen LogP contribution is 2.14. The molecule has 3 atom stereocenters. The fraction of sp³-hybridized carbons (Fsp3) is 0.800. The van der Waals surface area contributed by atoms with Crippen molar-refractivity contribution >= 4 is 11.9 Å². The van der Waals surface area contributed by atoms with Gasteiger partial charge >= 0.3 is 5.97 Å². The Kier molecular flexibility index (Phi) is 4.08. The number of carboxylic acid groups (broad SMARTS) is 1. The second-order valence-electron chi connectivity index (χ2n) is 4.20. The first-order valence-corrected chi connectivity index (χ1v) is 5.27. The zero-order chi connectivity index (χ0) is 11.4. The smallest absolute Gasteiger partial charge is 0.325 e. The van der Waals surface area contributed by atoms with E-state index in [1.165, 1.54) is 6.92 Å². The van der Waals surface area contributed by atoms with E-state index in [0.717, 1.165) is 19.4 Å². The molecule has 5 nitrogen and oxygen atoms in total. The van der Waals surface area contributed by atoms with Crippen molar-refractivity contribution in [2.45, 2.75) is 38.8 Å². The topological polar surface area (TPSA) is 78.4 Å². The number of rotatable bonds is 3. The van der Waals surface area contributed by atoms with Crippen LogP contribution in [-0.2, 0) is 9.59 Å². The molecular weight excluding hydrogens is 196 g/mol. The van der Waals surface area contributed by atoms with Crippen LogP contribution < -0.4 is 10.6 Å². The Morgan fingerprint density at radius 2 is 2.20 bits per heavy atom. The summed E-state index contributed by atoms with van der Waals surface area (Å²) in [5, 5.41) is 14.2. The lowest BCUT2D eigenvalue weighted by Crippen LogP contribution is -2.51. The van der Waals surface area contributed by atoms with Gasteiger partial charge in [0.05, 0.1) is 6.04 Å². The summed E-state index contributed by atoms with van der Waals surface area (Å²) in [4.78, 5) is 22.2. The largest absolute Gasteiger partial charge is 0.480 e. The quantitative estimate of drug-likeness (QED) is 0.616. The SMILES string of the molecule is CC1CCNC(C(=O)N[C@H](C)C(=O)O)C1. The van der Waals surface area contributed by atoms with Gasteiger partial charge < -0.3 is 15.7 Å². The monoisotopic (exact) mass is 214 g/mol. The minimum atomic E-state index is -1.01. The van der Waals surface area contributed by atoms with E-state index < -0.39 is 12.0 Å². The summed E-state index contributed by atoms with van der Waals surface area (Å²) in [7, 11) is 0. The molecule has 0 radical (unpaired) electrons. The van der Waals surface area contributed by atoms with Crippen LogP contribution >= 0.6 is 0 Å². The average molecular weight is 214 g/mol. The van der Waals surface area contributed by atoms with E-state index in [9.17, 15) is 9.59 Å². The second-order valence-corrected chi connectivity index (χ2v) is 4.20. The molecular formula is C10H18N2O3. The lowest BCUT2D eigenvalue weighted by Gasteiger charge is -2.27. The predicted molar refractivity (Wildman–Crippen MR) is 55.4 cm³/mol. The van der Waals surface area contributed by atoms with Gasteiger partial charge in [-0.25, -0.2) is 0 Å². The van der Waals surface area contributed by atoms with Crippen molar-refractivity contribution in [3.63, 3.8) is 0 Å². The third kappa shape index (κ3) is 3.51. The highest BCUT2D eigenvalue weighted by molar-refractivity contribution is 5.86. The Morgan fingerprint density at radius 1 is 1.53 bits per heavy atom. The van der Waals surface area contributed by atoms with Crippen LogP contribution in [0.3, 0.4) is 0 Å². The lowest BCUT2D eigenvalue weighted by molar-refractivity contribution is -0.141. The van der Waals surface area contributed by atoms with E-state index in [2.05, 4.69) is 17.6 Å². The molecule has 5 heteroatoms. The van der Waals surface area contributed by atoms with Crippen molar-refractivity contribution in [3.05, 3.63) is 0 Å². The number of nitrogens with one attached hydrogen (secondary N) is 2. The maximum Gasteiger partial charge on any atom is 0.325 e. The van der Waals surface area contributed by atoms with Gasteiger partial charge in [0.15, 0.2) is 0 Å². The minimum absolute atomic E-state index is 0.212. The molecule has 1 aliphatic heterocycles. The molecule has 1 saturated heterocycles. The molecule has 0 aromatic heterocycles. The van der Waals surface area contributed by atoms with Crippen LogP contribution in [0.5, 0.6) is 0 Å². The van der Waals surface area contributed by atoms with Gasteiger partial charge in [0.1, 0.15) is 6.04 Å². The molecule has 1 heterocycles. The molecule has 0 saturated carbocycles. The highest BCUT2D eigenvalue weighted by Gasteiger charge is 2.26. The summed E-state index contributed by atoms with van der Waals surface area (Å²) in [6.45, 7) is 4.38. The van der Waals surface area contributed by atoms with Crippen LogP contribution in [-0.4, -0.2) is 35.6 Å². The molecule has 15 heavy (non-hydrogen) atoms. The van der Waals surface area contributed by atoms with Gasteiger partial charge in [-0.2, -0.15) is 0 Å². The zero-order valence-corrected chi connectivity index (χ0v) is 9.12. The molecule has 0 aromatic carbocycles. The molecule has 1 aliphatic rings. The molecule has 1 amide bonds. The maximum atomic E-state index is 11.6. The number of carboxylic acids is 1. The van der Waals surface area contributed by atoms with Crippen molar-refractivity contribution in [2.24, 2.45) is 5.92 Å². The first-order chi connectivity index (χ1) is 7.00. The fourth-order valence-corrected chi connectivity index (χ4v) is 1.68. The number of carbonyl (C=O) groups excluding carboxylic acids is 1. The van der Waals surface area contributed by atoms with Crippen LogP contribution in [0, 0.1) is 5.92 Å². The average Bonchev–Trinajstić information content (AvgIpc) is 2.17. The molecule has 0 bridgehead atoms. The normalized spacial score (nSPS) is 28.1. The minimum Gasteiger partial charge on any atom is -0.480 e. The van der Waals surface area contributed by atoms with Crippen molar-refractivity contribution in [3.8, 4) is 0 Å². The molecule has 1 rings (SSSR count). The van der Waals surface area contributed by atoms with Crippen molar-refractivity contribution < 1.29 is 14.7 Å². The fourth-order valence-electron chi connectivity index (χ4n) is 1.68. The molecule has 1 fully saturated rings. The summed E-state index contributed by atoms with van der Waals surface area (Å²) in [6, 6.07) is -1.06. The van der Waals surface area contributed by atoms with E-state index in [1.54, 1.807) is 0 Å². The number of amides is 1. The van der Waals surface area contributed by atoms with Gasteiger partial charge in [0.25, 0.3) is 0 Å². The van der Waals surface area contributed by atoms with Crippen LogP contribution in [0.15, 0.2) is 0 Å². The van der Waals surface area contributed by atoms with Crippen molar-refractivity contribution in [2.75, 3.05) is 6.54 Å². The van der Waals surface area contributed by atoms with E-state index in [1.807, 2.05) is 0 Å². The van der Waals surface area contributed by atoms with Gasteiger partial charge in [-0.15, -0.1) is 0 Å². The third-order valence-corrected chi connectivity index (χ3v) is 2.71. The van der Waals surface area contributed by atoms with Crippen molar-refractivity contribution in [1.82, 2.24) is 10.6 Å². The molecule has 0 spiro atoms. The van der Waals surface area contributed by atoms with E-state index in [4.69, 9.17) is 5.11 Å². The Bertz CT molecular complexity index is 255.